The van der Waals surface area contributed by atoms with E-state index >= 15 is 0 Å². The molecule has 2 heterocycles. The SMILES string of the molecule is CC(C)c1ccc([C@@]2(C)NC(=O)N(C[C@H](O)CN3CCOCC3)C2=O)cc1. The first-order valence-corrected chi connectivity index (χ1v) is 9.54. The lowest BCUT2D eigenvalue weighted by atomic mass is 9.90. The molecule has 1 aromatic carbocycles. The molecule has 7 heteroatoms. The largest absolute Gasteiger partial charge is 0.390 e. The van der Waals surface area contributed by atoms with E-state index in [0.29, 0.717) is 25.7 Å². The minimum absolute atomic E-state index is 0.0122. The zero-order valence-electron chi connectivity index (χ0n) is 16.3. The van der Waals surface area contributed by atoms with Crippen LogP contribution in [0.2, 0.25) is 0 Å². The standard InChI is InChI=1S/C20H29N3O4/c1-14(2)15-4-6-16(7-5-15)20(3)18(25)23(19(26)21-20)13-17(24)12-22-8-10-27-11-9-22/h4-7,14,17,24H,8-13H2,1-3H3,(H,21,26)/t17-,20-/m1/s1. The topological polar surface area (TPSA) is 82.1 Å². The number of rotatable bonds is 6. The summed E-state index contributed by atoms with van der Waals surface area (Å²) in [6, 6.07) is 7.29. The summed E-state index contributed by atoms with van der Waals surface area (Å²) < 4.78 is 5.30. The third-order valence-electron chi connectivity index (χ3n) is 5.40. The summed E-state index contributed by atoms with van der Waals surface area (Å²) in [5.74, 6) is 0.0679. The van der Waals surface area contributed by atoms with Crippen molar-refractivity contribution in [1.29, 1.82) is 0 Å². The molecule has 2 fully saturated rings. The molecule has 0 spiro atoms. The number of amides is 3. The van der Waals surface area contributed by atoms with Gasteiger partial charge in [-0.05, 0) is 24.0 Å². The Morgan fingerprint density at radius 1 is 1.15 bits per heavy atom. The Hall–Kier alpha value is -1.96. The van der Waals surface area contributed by atoms with E-state index in [9.17, 15) is 14.7 Å². The first-order valence-electron chi connectivity index (χ1n) is 9.54. The van der Waals surface area contributed by atoms with Crippen LogP contribution in [-0.2, 0) is 15.1 Å². The summed E-state index contributed by atoms with van der Waals surface area (Å²) in [6.45, 7) is 9.11. The van der Waals surface area contributed by atoms with Gasteiger partial charge in [-0.15, -0.1) is 0 Å². The van der Waals surface area contributed by atoms with E-state index in [1.165, 1.54) is 5.56 Å². The van der Waals surface area contributed by atoms with Crippen LogP contribution in [0.1, 0.15) is 37.8 Å². The second-order valence-electron chi connectivity index (χ2n) is 7.81. The van der Waals surface area contributed by atoms with Crippen LogP contribution in [0.25, 0.3) is 0 Å². The van der Waals surface area contributed by atoms with Crippen molar-refractivity contribution < 1.29 is 19.4 Å². The van der Waals surface area contributed by atoms with Crippen LogP contribution in [0.4, 0.5) is 4.79 Å². The third-order valence-corrected chi connectivity index (χ3v) is 5.40. The van der Waals surface area contributed by atoms with Gasteiger partial charge in [0.05, 0.1) is 25.9 Å². The highest BCUT2D eigenvalue weighted by molar-refractivity contribution is 6.07. The second-order valence-corrected chi connectivity index (χ2v) is 7.81. The van der Waals surface area contributed by atoms with Gasteiger partial charge < -0.3 is 15.2 Å². The fourth-order valence-corrected chi connectivity index (χ4v) is 3.61. The number of aliphatic hydroxyl groups excluding tert-OH is 1. The molecule has 27 heavy (non-hydrogen) atoms. The second kappa shape index (κ2) is 7.96. The van der Waals surface area contributed by atoms with Crippen molar-refractivity contribution >= 4 is 11.9 Å². The van der Waals surface area contributed by atoms with E-state index in [2.05, 4.69) is 24.1 Å². The maximum absolute atomic E-state index is 13.0. The molecule has 0 saturated carbocycles. The lowest BCUT2D eigenvalue weighted by Gasteiger charge is -2.29. The van der Waals surface area contributed by atoms with Gasteiger partial charge >= 0.3 is 6.03 Å². The van der Waals surface area contributed by atoms with E-state index in [1.807, 2.05) is 24.3 Å². The highest BCUT2D eigenvalue weighted by Gasteiger charge is 2.49. The zero-order chi connectivity index (χ0) is 19.6. The zero-order valence-corrected chi connectivity index (χ0v) is 16.3. The Bertz CT molecular complexity index is 685. The fraction of sp³-hybridized carbons (Fsp3) is 0.600. The molecule has 2 saturated heterocycles. The van der Waals surface area contributed by atoms with E-state index in [1.54, 1.807) is 6.92 Å². The summed E-state index contributed by atoms with van der Waals surface area (Å²) in [7, 11) is 0. The van der Waals surface area contributed by atoms with Gasteiger partial charge in [0.2, 0.25) is 0 Å². The number of benzene rings is 1. The van der Waals surface area contributed by atoms with Gasteiger partial charge in [-0.2, -0.15) is 0 Å². The number of hydrogen-bond donors (Lipinski definition) is 2. The molecular formula is C20H29N3O4. The molecule has 2 atom stereocenters. The van der Waals surface area contributed by atoms with Crippen molar-refractivity contribution in [3.8, 4) is 0 Å². The molecule has 0 bridgehead atoms. The first-order chi connectivity index (χ1) is 12.8. The van der Waals surface area contributed by atoms with Gasteiger partial charge in [-0.25, -0.2) is 4.79 Å². The number of morpholine rings is 1. The number of urea groups is 1. The Morgan fingerprint density at radius 3 is 2.37 bits per heavy atom. The van der Waals surface area contributed by atoms with Crippen LogP contribution in [0.3, 0.4) is 0 Å². The fourth-order valence-electron chi connectivity index (χ4n) is 3.61. The number of β-amino-alcohol motifs (C(OH)–C–C–N with tert-alkyl or cyclic N) is 1. The third kappa shape index (κ3) is 4.15. The molecule has 1 aromatic rings. The molecule has 2 aliphatic heterocycles. The molecule has 3 amide bonds. The predicted octanol–water partition coefficient (Wildman–Crippen LogP) is 1.27. The molecule has 0 unspecified atom stereocenters. The summed E-state index contributed by atoms with van der Waals surface area (Å²) in [6.07, 6.45) is -0.788. The number of ether oxygens (including phenoxy) is 1. The predicted molar refractivity (Wildman–Crippen MR) is 101 cm³/mol. The van der Waals surface area contributed by atoms with Gasteiger partial charge in [0.1, 0.15) is 5.54 Å². The minimum atomic E-state index is -1.11. The lowest BCUT2D eigenvalue weighted by molar-refractivity contribution is -0.132. The first kappa shape index (κ1) is 19.8. The molecule has 0 aromatic heterocycles. The van der Waals surface area contributed by atoms with Crippen molar-refractivity contribution in [1.82, 2.24) is 15.1 Å². The van der Waals surface area contributed by atoms with E-state index in [4.69, 9.17) is 4.74 Å². The van der Waals surface area contributed by atoms with Gasteiger partial charge in [-0.1, -0.05) is 38.1 Å². The number of imide groups is 1. The molecule has 2 N–H and O–H groups in total. The monoisotopic (exact) mass is 375 g/mol. The number of hydrogen-bond acceptors (Lipinski definition) is 5. The molecule has 2 aliphatic rings. The Labute approximate surface area is 160 Å². The average molecular weight is 375 g/mol. The molecule has 0 aliphatic carbocycles. The molecule has 148 valence electrons. The number of nitrogens with zero attached hydrogens (tertiary/aromatic N) is 2. The Morgan fingerprint density at radius 2 is 1.78 bits per heavy atom. The molecular weight excluding hydrogens is 346 g/mol. The van der Waals surface area contributed by atoms with Gasteiger partial charge in [0.25, 0.3) is 5.91 Å². The van der Waals surface area contributed by atoms with E-state index in [0.717, 1.165) is 23.6 Å². The molecule has 0 radical (unpaired) electrons. The maximum atomic E-state index is 13.0. The summed E-state index contributed by atoms with van der Waals surface area (Å²) >= 11 is 0. The van der Waals surface area contributed by atoms with Gasteiger partial charge in [0, 0.05) is 19.6 Å². The number of carbonyl (C=O) groups excluding carboxylic acids is 2. The average Bonchev–Trinajstić information content (AvgIpc) is 2.86. The highest BCUT2D eigenvalue weighted by atomic mass is 16.5. The van der Waals surface area contributed by atoms with E-state index in [-0.39, 0.29) is 12.5 Å². The van der Waals surface area contributed by atoms with Crippen molar-refractivity contribution in [2.45, 2.75) is 38.3 Å². The summed E-state index contributed by atoms with van der Waals surface area (Å²) in [5, 5.41) is 13.2. The van der Waals surface area contributed by atoms with Crippen molar-refractivity contribution in [2.75, 3.05) is 39.4 Å². The van der Waals surface area contributed by atoms with Crippen LogP contribution >= 0.6 is 0 Å². The van der Waals surface area contributed by atoms with Crippen LogP contribution in [0.5, 0.6) is 0 Å². The van der Waals surface area contributed by atoms with E-state index < -0.39 is 17.7 Å². The van der Waals surface area contributed by atoms with Gasteiger partial charge in [0.15, 0.2) is 0 Å². The highest BCUT2D eigenvalue weighted by Crippen LogP contribution is 2.30. The summed E-state index contributed by atoms with van der Waals surface area (Å²) in [4.78, 5) is 28.6. The minimum Gasteiger partial charge on any atom is -0.390 e. The van der Waals surface area contributed by atoms with Crippen molar-refractivity contribution in [2.24, 2.45) is 0 Å². The van der Waals surface area contributed by atoms with Gasteiger partial charge in [-0.3, -0.25) is 14.6 Å². The van der Waals surface area contributed by atoms with Crippen LogP contribution in [0, 0.1) is 0 Å². The Kier molecular flexibility index (Phi) is 5.83. The smallest absolute Gasteiger partial charge is 0.325 e. The van der Waals surface area contributed by atoms with Crippen LogP contribution < -0.4 is 5.32 Å². The number of nitrogens with one attached hydrogen (secondary N) is 1. The summed E-state index contributed by atoms with van der Waals surface area (Å²) in [5.41, 5.74) is 0.818. The maximum Gasteiger partial charge on any atom is 0.325 e. The lowest BCUT2D eigenvalue weighted by Crippen LogP contribution is -2.46. The normalized spacial score (nSPS) is 25.1. The van der Waals surface area contributed by atoms with Crippen LogP contribution in [-0.4, -0.2) is 72.3 Å². The Balaban J connectivity index is 1.68. The molecule has 7 nitrogen and oxygen atoms in total. The number of carbonyl (C=O) groups is 2. The van der Waals surface area contributed by atoms with Crippen LogP contribution in [0.15, 0.2) is 24.3 Å². The molecule has 3 rings (SSSR count). The quantitative estimate of drug-likeness (QED) is 0.732. The number of aliphatic hydroxyl groups is 1. The van der Waals surface area contributed by atoms with Crippen molar-refractivity contribution in [3.05, 3.63) is 35.4 Å². The van der Waals surface area contributed by atoms with Crippen molar-refractivity contribution in [3.63, 3.8) is 0 Å².